The number of hydrogen-bond acceptors (Lipinski definition) is 2. The highest BCUT2D eigenvalue weighted by Gasteiger charge is 2.24. The van der Waals surface area contributed by atoms with E-state index in [4.69, 9.17) is 0 Å². The summed E-state index contributed by atoms with van der Waals surface area (Å²) in [6.45, 7) is 10.4. The normalized spacial score (nSPS) is 18.3. The van der Waals surface area contributed by atoms with Gasteiger partial charge >= 0.3 is 0 Å². The van der Waals surface area contributed by atoms with Crippen LogP contribution < -0.4 is 5.32 Å². The molecule has 1 aromatic carbocycles. The van der Waals surface area contributed by atoms with Crippen LogP contribution in [0.15, 0.2) is 28.7 Å². The van der Waals surface area contributed by atoms with Crippen LogP contribution in [0.5, 0.6) is 0 Å². The van der Waals surface area contributed by atoms with Gasteiger partial charge in [0.1, 0.15) is 0 Å². The van der Waals surface area contributed by atoms with Crippen LogP contribution in [0.2, 0.25) is 0 Å². The van der Waals surface area contributed by atoms with Gasteiger partial charge < -0.3 is 5.32 Å². The molecule has 1 aliphatic rings. The average Bonchev–Trinajstić information content (AvgIpc) is 2.30. The Morgan fingerprint density at radius 1 is 1.29 bits per heavy atom. The first-order valence-corrected chi connectivity index (χ1v) is 7.06. The van der Waals surface area contributed by atoms with Gasteiger partial charge in [-0.25, -0.2) is 0 Å². The van der Waals surface area contributed by atoms with Crippen molar-refractivity contribution < 1.29 is 0 Å². The monoisotopic (exact) mass is 296 g/mol. The number of rotatable bonds is 3. The van der Waals surface area contributed by atoms with Crippen molar-refractivity contribution in [3.8, 4) is 0 Å². The minimum absolute atomic E-state index is 0.209. The first-order chi connectivity index (χ1) is 8.08. The summed E-state index contributed by atoms with van der Waals surface area (Å²) in [6, 6.07) is 8.68. The van der Waals surface area contributed by atoms with Crippen molar-refractivity contribution in [2.75, 3.05) is 32.7 Å². The molecular formula is C14H21BrN2. The molecular weight excluding hydrogens is 276 g/mol. The van der Waals surface area contributed by atoms with Crippen molar-refractivity contribution in [1.82, 2.24) is 10.2 Å². The van der Waals surface area contributed by atoms with Crippen LogP contribution in [0.25, 0.3) is 0 Å². The van der Waals surface area contributed by atoms with Gasteiger partial charge in [-0.2, -0.15) is 0 Å². The molecule has 0 spiro atoms. The maximum atomic E-state index is 3.56. The predicted molar refractivity (Wildman–Crippen MR) is 76.5 cm³/mol. The molecule has 1 N–H and O–H groups in total. The Kier molecular flexibility index (Phi) is 4.23. The molecule has 3 heteroatoms. The Balaban J connectivity index is 2.06. The molecule has 0 radical (unpaired) electrons. The smallest absolute Gasteiger partial charge is 0.0178 e. The van der Waals surface area contributed by atoms with Gasteiger partial charge in [0.2, 0.25) is 0 Å². The molecule has 1 fully saturated rings. The van der Waals surface area contributed by atoms with Crippen molar-refractivity contribution in [3.05, 3.63) is 34.3 Å². The van der Waals surface area contributed by atoms with Crippen LogP contribution in [0.1, 0.15) is 19.4 Å². The Bertz CT molecular complexity index is 370. The number of nitrogens with zero attached hydrogens (tertiary/aromatic N) is 1. The molecule has 1 aromatic rings. The highest BCUT2D eigenvalue weighted by atomic mass is 79.9. The van der Waals surface area contributed by atoms with Crippen LogP contribution in [-0.4, -0.2) is 37.6 Å². The molecule has 94 valence electrons. The van der Waals surface area contributed by atoms with E-state index in [2.05, 4.69) is 64.3 Å². The van der Waals surface area contributed by atoms with E-state index < -0.39 is 0 Å². The lowest BCUT2D eigenvalue weighted by Gasteiger charge is -2.35. The number of halogens is 1. The lowest BCUT2D eigenvalue weighted by atomic mass is 9.84. The highest BCUT2D eigenvalue weighted by Crippen LogP contribution is 2.26. The summed E-state index contributed by atoms with van der Waals surface area (Å²) in [6.07, 6.45) is 0. The SMILES string of the molecule is CC(C)(CN1CCNCC1)c1cccc(Br)c1. The second-order valence-corrected chi connectivity index (χ2v) is 6.34. The average molecular weight is 297 g/mol. The molecule has 0 bridgehead atoms. The lowest BCUT2D eigenvalue weighted by Crippen LogP contribution is -2.47. The number of piperazine rings is 1. The van der Waals surface area contributed by atoms with E-state index in [1.165, 1.54) is 10.0 Å². The quantitative estimate of drug-likeness (QED) is 0.922. The Labute approximate surface area is 113 Å². The summed E-state index contributed by atoms with van der Waals surface area (Å²) in [7, 11) is 0. The summed E-state index contributed by atoms with van der Waals surface area (Å²) in [5, 5.41) is 3.40. The van der Waals surface area contributed by atoms with Gasteiger partial charge in [-0.1, -0.05) is 41.9 Å². The molecule has 1 aliphatic heterocycles. The maximum Gasteiger partial charge on any atom is 0.0178 e. The van der Waals surface area contributed by atoms with Crippen molar-refractivity contribution in [2.45, 2.75) is 19.3 Å². The standard InChI is InChI=1S/C14H21BrN2/c1-14(2,11-17-8-6-16-7-9-17)12-4-3-5-13(15)10-12/h3-5,10,16H,6-9,11H2,1-2H3. The summed E-state index contributed by atoms with van der Waals surface area (Å²) in [5.74, 6) is 0. The van der Waals surface area contributed by atoms with Gasteiger partial charge in [-0.15, -0.1) is 0 Å². The zero-order chi connectivity index (χ0) is 12.3. The molecule has 0 saturated carbocycles. The van der Waals surface area contributed by atoms with Gasteiger partial charge in [-0.05, 0) is 17.7 Å². The Hall–Kier alpha value is -0.380. The van der Waals surface area contributed by atoms with Crippen LogP contribution in [0.3, 0.4) is 0 Å². The third-order valence-corrected chi connectivity index (χ3v) is 3.93. The van der Waals surface area contributed by atoms with Gasteiger partial charge in [-0.3, -0.25) is 4.90 Å². The van der Waals surface area contributed by atoms with E-state index in [1.807, 2.05) is 0 Å². The summed E-state index contributed by atoms with van der Waals surface area (Å²) in [4.78, 5) is 2.55. The van der Waals surface area contributed by atoms with E-state index in [0.29, 0.717) is 0 Å². The topological polar surface area (TPSA) is 15.3 Å². The molecule has 0 atom stereocenters. The molecule has 1 heterocycles. The number of benzene rings is 1. The minimum atomic E-state index is 0.209. The van der Waals surface area contributed by atoms with E-state index in [1.54, 1.807) is 0 Å². The fourth-order valence-corrected chi connectivity index (χ4v) is 2.83. The second-order valence-electron chi connectivity index (χ2n) is 5.42. The minimum Gasteiger partial charge on any atom is -0.314 e. The fraction of sp³-hybridized carbons (Fsp3) is 0.571. The molecule has 17 heavy (non-hydrogen) atoms. The number of nitrogens with one attached hydrogen (secondary N) is 1. The largest absolute Gasteiger partial charge is 0.314 e. The second kappa shape index (κ2) is 5.51. The Morgan fingerprint density at radius 2 is 2.00 bits per heavy atom. The van der Waals surface area contributed by atoms with E-state index in [-0.39, 0.29) is 5.41 Å². The van der Waals surface area contributed by atoms with Gasteiger partial charge in [0.15, 0.2) is 0 Å². The van der Waals surface area contributed by atoms with E-state index in [0.717, 1.165) is 32.7 Å². The van der Waals surface area contributed by atoms with Crippen LogP contribution in [0, 0.1) is 0 Å². The molecule has 0 aliphatic carbocycles. The van der Waals surface area contributed by atoms with Gasteiger partial charge in [0, 0.05) is 42.6 Å². The predicted octanol–water partition coefficient (Wildman–Crippen LogP) is 2.63. The van der Waals surface area contributed by atoms with E-state index in [9.17, 15) is 0 Å². The van der Waals surface area contributed by atoms with Crippen molar-refractivity contribution in [3.63, 3.8) is 0 Å². The molecule has 0 aromatic heterocycles. The lowest BCUT2D eigenvalue weighted by molar-refractivity contribution is 0.200. The Morgan fingerprint density at radius 3 is 2.65 bits per heavy atom. The first-order valence-electron chi connectivity index (χ1n) is 6.27. The van der Waals surface area contributed by atoms with Crippen molar-refractivity contribution in [2.24, 2.45) is 0 Å². The fourth-order valence-electron chi connectivity index (χ4n) is 2.43. The third-order valence-electron chi connectivity index (χ3n) is 3.43. The molecule has 0 unspecified atom stereocenters. The third kappa shape index (κ3) is 3.54. The molecule has 1 saturated heterocycles. The highest BCUT2D eigenvalue weighted by molar-refractivity contribution is 9.10. The van der Waals surface area contributed by atoms with Crippen LogP contribution in [-0.2, 0) is 5.41 Å². The molecule has 2 rings (SSSR count). The molecule has 0 amide bonds. The summed E-state index contributed by atoms with van der Waals surface area (Å²) in [5.41, 5.74) is 1.62. The zero-order valence-corrected chi connectivity index (χ0v) is 12.3. The van der Waals surface area contributed by atoms with Crippen molar-refractivity contribution >= 4 is 15.9 Å². The van der Waals surface area contributed by atoms with Gasteiger partial charge in [0.05, 0.1) is 0 Å². The number of hydrogen-bond donors (Lipinski definition) is 1. The van der Waals surface area contributed by atoms with Crippen molar-refractivity contribution in [1.29, 1.82) is 0 Å². The summed E-state index contributed by atoms with van der Waals surface area (Å²) < 4.78 is 1.17. The van der Waals surface area contributed by atoms with Gasteiger partial charge in [0.25, 0.3) is 0 Å². The zero-order valence-electron chi connectivity index (χ0n) is 10.7. The van der Waals surface area contributed by atoms with Crippen LogP contribution in [0.4, 0.5) is 0 Å². The molecule has 2 nitrogen and oxygen atoms in total. The first kappa shape index (κ1) is 13.1. The van der Waals surface area contributed by atoms with Crippen LogP contribution >= 0.6 is 15.9 Å². The maximum absolute atomic E-state index is 3.56. The van der Waals surface area contributed by atoms with E-state index >= 15 is 0 Å². The summed E-state index contributed by atoms with van der Waals surface area (Å²) >= 11 is 3.56.